The molecule has 2 heterocycles. The molecule has 1 saturated heterocycles. The van der Waals surface area contributed by atoms with Gasteiger partial charge in [-0.05, 0) is 23.8 Å². The third-order valence-electron chi connectivity index (χ3n) is 4.04. The first-order valence-electron chi connectivity index (χ1n) is 7.60. The number of carbonyl (C=O) groups excluding carboxylic acids is 1. The van der Waals surface area contributed by atoms with E-state index in [2.05, 4.69) is 20.8 Å². The highest BCUT2D eigenvalue weighted by Crippen LogP contribution is 2.14. The van der Waals surface area contributed by atoms with E-state index in [0.717, 1.165) is 33.7 Å². The van der Waals surface area contributed by atoms with Crippen molar-refractivity contribution in [2.45, 2.75) is 6.42 Å². The molecular formula is C17H19BrN3O2+. The van der Waals surface area contributed by atoms with Gasteiger partial charge in [-0.2, -0.15) is 0 Å². The van der Waals surface area contributed by atoms with Gasteiger partial charge in [0.25, 0.3) is 0 Å². The van der Waals surface area contributed by atoms with Crippen LogP contribution in [0.15, 0.2) is 53.1 Å². The van der Waals surface area contributed by atoms with Gasteiger partial charge in [0.05, 0.1) is 19.5 Å². The predicted molar refractivity (Wildman–Crippen MR) is 90.5 cm³/mol. The molecule has 0 saturated carbocycles. The van der Waals surface area contributed by atoms with Crippen LogP contribution in [0.4, 0.5) is 5.82 Å². The van der Waals surface area contributed by atoms with E-state index in [1.807, 2.05) is 41.3 Å². The number of halogens is 1. The predicted octanol–water partition coefficient (Wildman–Crippen LogP) is 1.87. The number of rotatable bonds is 3. The van der Waals surface area contributed by atoms with E-state index in [4.69, 9.17) is 0 Å². The number of anilines is 1. The molecule has 5 nitrogen and oxygen atoms in total. The zero-order chi connectivity index (χ0) is 16.2. The third-order valence-corrected chi connectivity index (χ3v) is 4.57. The normalized spacial score (nSPS) is 14.8. The van der Waals surface area contributed by atoms with Crippen LogP contribution < -0.4 is 9.63 Å². The van der Waals surface area contributed by atoms with Crippen molar-refractivity contribution in [1.82, 2.24) is 4.90 Å². The third kappa shape index (κ3) is 3.82. The van der Waals surface area contributed by atoms with Crippen molar-refractivity contribution in [3.05, 3.63) is 58.7 Å². The van der Waals surface area contributed by atoms with Crippen molar-refractivity contribution in [3.63, 3.8) is 0 Å². The van der Waals surface area contributed by atoms with Gasteiger partial charge in [-0.25, -0.2) is 0 Å². The Morgan fingerprint density at radius 2 is 1.78 bits per heavy atom. The van der Waals surface area contributed by atoms with Crippen molar-refractivity contribution in [3.8, 4) is 0 Å². The molecule has 1 amide bonds. The van der Waals surface area contributed by atoms with Gasteiger partial charge < -0.3 is 10.1 Å². The van der Waals surface area contributed by atoms with Crippen LogP contribution in [0.2, 0.25) is 0 Å². The molecule has 2 aromatic rings. The minimum Gasteiger partial charge on any atom is -0.350 e. The molecule has 120 valence electrons. The van der Waals surface area contributed by atoms with Crippen molar-refractivity contribution >= 4 is 27.7 Å². The van der Waals surface area contributed by atoms with Crippen molar-refractivity contribution < 1.29 is 14.7 Å². The summed E-state index contributed by atoms with van der Waals surface area (Å²) in [6.07, 6.45) is 2.04. The Balaban J connectivity index is 1.57. The summed E-state index contributed by atoms with van der Waals surface area (Å²) in [5.41, 5.74) is 1.02. The van der Waals surface area contributed by atoms with E-state index < -0.39 is 0 Å². The first-order valence-corrected chi connectivity index (χ1v) is 8.40. The lowest BCUT2D eigenvalue weighted by atomic mass is 10.1. The molecule has 6 heteroatoms. The fourth-order valence-electron chi connectivity index (χ4n) is 2.75. The standard InChI is InChI=1S/C17H19BrN3O2/c18-15-6-4-14(5-7-15)13-17(22)20-11-9-19(10-12-20)16-3-1-2-8-21(16)23/h1-8,23H,9-13H2/q+1. The zero-order valence-corrected chi connectivity index (χ0v) is 14.3. The van der Waals surface area contributed by atoms with Gasteiger partial charge in [-0.3, -0.25) is 9.69 Å². The lowest BCUT2D eigenvalue weighted by Crippen LogP contribution is -2.52. The van der Waals surface area contributed by atoms with Crippen LogP contribution in [0, 0.1) is 0 Å². The summed E-state index contributed by atoms with van der Waals surface area (Å²) in [5.74, 6) is 0.907. The quantitative estimate of drug-likeness (QED) is 0.656. The Bertz CT molecular complexity index is 682. The van der Waals surface area contributed by atoms with Gasteiger partial charge in [0.2, 0.25) is 5.91 Å². The number of benzene rings is 1. The summed E-state index contributed by atoms with van der Waals surface area (Å²) in [5, 5.41) is 9.85. The van der Waals surface area contributed by atoms with Crippen molar-refractivity contribution in [2.24, 2.45) is 0 Å². The van der Waals surface area contributed by atoms with E-state index in [-0.39, 0.29) is 5.91 Å². The first kappa shape index (κ1) is 15.8. The summed E-state index contributed by atoms with van der Waals surface area (Å²) in [6, 6.07) is 13.4. The van der Waals surface area contributed by atoms with Crippen LogP contribution in [0.5, 0.6) is 0 Å². The molecule has 0 spiro atoms. The van der Waals surface area contributed by atoms with E-state index >= 15 is 0 Å². The minimum absolute atomic E-state index is 0.150. The first-order chi connectivity index (χ1) is 11.1. The number of hydrogen-bond acceptors (Lipinski definition) is 3. The number of hydrogen-bond donors (Lipinski definition) is 1. The van der Waals surface area contributed by atoms with E-state index in [1.165, 1.54) is 0 Å². The Morgan fingerprint density at radius 3 is 2.43 bits per heavy atom. The SMILES string of the molecule is O=C(Cc1ccc(Br)cc1)N1CCN(c2cccc[n+]2O)CC1. The topological polar surface area (TPSA) is 47.7 Å². The molecule has 0 bridgehead atoms. The molecule has 1 N–H and O–H groups in total. The number of aromatic nitrogens is 1. The summed E-state index contributed by atoms with van der Waals surface area (Å²) in [4.78, 5) is 16.4. The van der Waals surface area contributed by atoms with Gasteiger partial charge in [0.15, 0.2) is 0 Å². The molecule has 1 aliphatic rings. The van der Waals surface area contributed by atoms with Gasteiger partial charge in [0.1, 0.15) is 19.3 Å². The molecule has 1 fully saturated rings. The van der Waals surface area contributed by atoms with Crippen LogP contribution in [0.1, 0.15) is 5.56 Å². The van der Waals surface area contributed by atoms with E-state index in [9.17, 15) is 10.0 Å². The summed E-state index contributed by atoms with van der Waals surface area (Å²) < 4.78 is 2.14. The highest BCUT2D eigenvalue weighted by atomic mass is 79.9. The number of pyridine rings is 1. The van der Waals surface area contributed by atoms with Crippen LogP contribution in [-0.2, 0) is 11.2 Å². The zero-order valence-electron chi connectivity index (χ0n) is 12.7. The van der Waals surface area contributed by atoms with E-state index in [0.29, 0.717) is 19.5 Å². The fourth-order valence-corrected chi connectivity index (χ4v) is 3.01. The molecule has 0 atom stereocenters. The fraction of sp³-hybridized carbons (Fsp3) is 0.294. The number of amides is 1. The second-order valence-corrected chi connectivity index (χ2v) is 6.49. The average Bonchev–Trinajstić information content (AvgIpc) is 2.57. The van der Waals surface area contributed by atoms with Gasteiger partial charge in [0, 0.05) is 10.5 Å². The molecular weight excluding hydrogens is 358 g/mol. The summed E-state index contributed by atoms with van der Waals surface area (Å²) in [6.45, 7) is 2.78. The molecule has 3 rings (SSSR count). The number of nitrogens with zero attached hydrogens (tertiary/aromatic N) is 3. The molecule has 1 aromatic heterocycles. The second-order valence-electron chi connectivity index (χ2n) is 5.57. The van der Waals surface area contributed by atoms with Gasteiger partial charge >= 0.3 is 5.82 Å². The lowest BCUT2D eigenvalue weighted by Gasteiger charge is -2.31. The monoisotopic (exact) mass is 376 g/mol. The van der Waals surface area contributed by atoms with Crippen LogP contribution in [0.3, 0.4) is 0 Å². The summed E-state index contributed by atoms with van der Waals surface area (Å²) in [7, 11) is 0. The molecule has 23 heavy (non-hydrogen) atoms. The Hall–Kier alpha value is -2.08. The van der Waals surface area contributed by atoms with E-state index in [1.54, 1.807) is 12.3 Å². The molecule has 0 radical (unpaired) electrons. The highest BCUT2D eigenvalue weighted by Gasteiger charge is 2.27. The minimum atomic E-state index is 0.150. The molecule has 0 unspecified atom stereocenters. The Kier molecular flexibility index (Phi) is 4.81. The molecule has 1 aliphatic heterocycles. The maximum atomic E-state index is 12.4. The van der Waals surface area contributed by atoms with Gasteiger partial charge in [-0.15, -0.1) is 0 Å². The smallest absolute Gasteiger partial charge is 0.316 e. The molecule has 1 aromatic carbocycles. The van der Waals surface area contributed by atoms with Crippen LogP contribution >= 0.6 is 15.9 Å². The number of carbonyl (C=O) groups is 1. The number of piperazine rings is 1. The Morgan fingerprint density at radius 1 is 1.09 bits per heavy atom. The van der Waals surface area contributed by atoms with Crippen LogP contribution in [-0.4, -0.2) is 42.2 Å². The molecule has 0 aliphatic carbocycles. The second kappa shape index (κ2) is 7.00. The lowest BCUT2D eigenvalue weighted by molar-refractivity contribution is -0.894. The van der Waals surface area contributed by atoms with Crippen molar-refractivity contribution in [2.75, 3.05) is 31.1 Å². The summed E-state index contributed by atoms with van der Waals surface area (Å²) >= 11 is 3.40. The van der Waals surface area contributed by atoms with Crippen molar-refractivity contribution in [1.29, 1.82) is 0 Å². The maximum absolute atomic E-state index is 12.4. The largest absolute Gasteiger partial charge is 0.350 e. The Labute approximate surface area is 143 Å². The average molecular weight is 377 g/mol. The highest BCUT2D eigenvalue weighted by molar-refractivity contribution is 9.10. The maximum Gasteiger partial charge on any atom is 0.316 e. The van der Waals surface area contributed by atoms with Gasteiger partial charge in [-0.1, -0.05) is 38.9 Å². The van der Waals surface area contributed by atoms with Crippen LogP contribution in [0.25, 0.3) is 0 Å².